The van der Waals surface area contributed by atoms with Gasteiger partial charge in [0, 0.05) is 19.1 Å². The van der Waals surface area contributed by atoms with Crippen LogP contribution in [0.3, 0.4) is 0 Å². The number of hydrogen-bond acceptors (Lipinski definition) is 4. The number of nitrogens with one attached hydrogen (secondary N) is 1. The van der Waals surface area contributed by atoms with Gasteiger partial charge < -0.3 is 9.73 Å². The molecule has 1 aromatic heterocycles. The fourth-order valence-electron chi connectivity index (χ4n) is 2.33. The van der Waals surface area contributed by atoms with E-state index in [1.54, 1.807) is 12.1 Å². The Morgan fingerprint density at radius 2 is 2.15 bits per heavy atom. The van der Waals surface area contributed by atoms with Gasteiger partial charge in [-0.05, 0) is 31.4 Å². The first kappa shape index (κ1) is 15.1. The Bertz CT molecular complexity index is 531. The van der Waals surface area contributed by atoms with Crippen LogP contribution < -0.4 is 5.32 Å². The van der Waals surface area contributed by atoms with Gasteiger partial charge in [-0.2, -0.15) is 0 Å². The number of amides is 1. The summed E-state index contributed by atoms with van der Waals surface area (Å²) < 4.78 is 30.4. The quantitative estimate of drug-likeness (QED) is 0.886. The van der Waals surface area contributed by atoms with Crippen molar-refractivity contribution in [2.45, 2.75) is 32.2 Å². The van der Waals surface area contributed by atoms with E-state index in [2.05, 4.69) is 5.32 Å². The van der Waals surface area contributed by atoms with E-state index < -0.39 is 10.0 Å². The summed E-state index contributed by atoms with van der Waals surface area (Å²) in [6, 6.07) is 3.27. The summed E-state index contributed by atoms with van der Waals surface area (Å²) in [5, 5.41) is 2.87. The zero-order chi connectivity index (χ0) is 14.6. The van der Waals surface area contributed by atoms with Crippen LogP contribution in [-0.2, 0) is 10.0 Å². The first-order valence-electron chi connectivity index (χ1n) is 6.85. The summed E-state index contributed by atoms with van der Waals surface area (Å²) >= 11 is 0. The molecule has 0 spiro atoms. The van der Waals surface area contributed by atoms with E-state index >= 15 is 0 Å². The molecule has 20 heavy (non-hydrogen) atoms. The van der Waals surface area contributed by atoms with Crippen LogP contribution in [0.15, 0.2) is 22.8 Å². The Hall–Kier alpha value is -1.34. The van der Waals surface area contributed by atoms with Gasteiger partial charge >= 0.3 is 0 Å². The fourth-order valence-corrected chi connectivity index (χ4v) is 3.87. The van der Waals surface area contributed by atoms with Crippen molar-refractivity contribution in [2.24, 2.45) is 0 Å². The summed E-state index contributed by atoms with van der Waals surface area (Å²) in [5.41, 5.74) is 0. The largest absolute Gasteiger partial charge is 0.459 e. The van der Waals surface area contributed by atoms with Crippen molar-refractivity contribution >= 4 is 15.9 Å². The highest BCUT2D eigenvalue weighted by Gasteiger charge is 2.28. The van der Waals surface area contributed by atoms with Gasteiger partial charge in [-0.25, -0.2) is 12.7 Å². The molecule has 6 nitrogen and oxygen atoms in total. The van der Waals surface area contributed by atoms with Gasteiger partial charge in [0.2, 0.25) is 10.0 Å². The lowest BCUT2D eigenvalue weighted by Gasteiger charge is -2.31. The zero-order valence-electron chi connectivity index (χ0n) is 11.5. The smallest absolute Gasteiger partial charge is 0.287 e. The van der Waals surface area contributed by atoms with Crippen LogP contribution in [-0.4, -0.2) is 43.5 Å². The molecule has 1 saturated heterocycles. The summed E-state index contributed by atoms with van der Waals surface area (Å²) in [5.74, 6) is 0.229. The minimum atomic E-state index is -3.13. The van der Waals surface area contributed by atoms with Gasteiger partial charge in [-0.3, -0.25) is 4.79 Å². The molecule has 0 saturated carbocycles. The number of sulfonamides is 1. The molecule has 1 fully saturated rings. The van der Waals surface area contributed by atoms with Gasteiger partial charge in [-0.15, -0.1) is 0 Å². The predicted octanol–water partition coefficient (Wildman–Crippen LogP) is 1.21. The predicted molar refractivity (Wildman–Crippen MR) is 74.8 cm³/mol. The molecule has 2 rings (SSSR count). The maximum atomic E-state index is 11.9. The molecule has 1 aromatic rings. The molecule has 0 aromatic carbocycles. The van der Waals surface area contributed by atoms with Gasteiger partial charge in [0.1, 0.15) is 0 Å². The normalized spacial score (nSPS) is 18.1. The average molecular weight is 300 g/mol. The molecule has 1 aliphatic rings. The highest BCUT2D eigenvalue weighted by atomic mass is 32.2. The van der Waals surface area contributed by atoms with E-state index in [0.717, 1.165) is 0 Å². The summed E-state index contributed by atoms with van der Waals surface area (Å²) in [6.45, 7) is 2.78. The van der Waals surface area contributed by atoms with Crippen LogP contribution in [0.4, 0.5) is 0 Å². The molecule has 1 aliphatic heterocycles. The Kier molecular flexibility index (Phi) is 4.82. The first-order chi connectivity index (χ1) is 9.53. The van der Waals surface area contributed by atoms with E-state index in [4.69, 9.17) is 4.42 Å². The molecule has 1 N–H and O–H groups in total. The second kappa shape index (κ2) is 6.41. The molecule has 0 radical (unpaired) electrons. The zero-order valence-corrected chi connectivity index (χ0v) is 12.4. The highest BCUT2D eigenvalue weighted by molar-refractivity contribution is 7.89. The number of piperidine rings is 1. The van der Waals surface area contributed by atoms with E-state index in [1.807, 2.05) is 6.92 Å². The molecule has 0 aliphatic carbocycles. The second-order valence-electron chi connectivity index (χ2n) is 4.94. The molecule has 112 valence electrons. The molecule has 0 unspecified atom stereocenters. The fraction of sp³-hybridized carbons (Fsp3) is 0.615. The Balaban J connectivity index is 1.84. The number of nitrogens with zero attached hydrogens (tertiary/aromatic N) is 1. The van der Waals surface area contributed by atoms with Crippen molar-refractivity contribution < 1.29 is 17.6 Å². The van der Waals surface area contributed by atoms with Gasteiger partial charge in [-0.1, -0.05) is 6.92 Å². The van der Waals surface area contributed by atoms with E-state index in [9.17, 15) is 13.2 Å². The van der Waals surface area contributed by atoms with Crippen molar-refractivity contribution in [3.05, 3.63) is 24.2 Å². The van der Waals surface area contributed by atoms with Crippen LogP contribution >= 0.6 is 0 Å². The number of furan rings is 1. The third kappa shape index (κ3) is 3.61. The Morgan fingerprint density at radius 3 is 2.70 bits per heavy atom. The van der Waals surface area contributed by atoms with Gasteiger partial charge in [0.25, 0.3) is 5.91 Å². The van der Waals surface area contributed by atoms with Gasteiger partial charge in [0.15, 0.2) is 5.76 Å². The Morgan fingerprint density at radius 1 is 1.45 bits per heavy atom. The molecular formula is C13H20N2O4S. The average Bonchev–Trinajstić information content (AvgIpc) is 2.93. The summed E-state index contributed by atoms with van der Waals surface area (Å²) in [4.78, 5) is 11.8. The maximum absolute atomic E-state index is 11.9. The van der Waals surface area contributed by atoms with Crippen LogP contribution in [0.5, 0.6) is 0 Å². The molecule has 1 amide bonds. The lowest BCUT2D eigenvalue weighted by Crippen LogP contribution is -2.47. The topological polar surface area (TPSA) is 79.6 Å². The van der Waals surface area contributed by atoms with Crippen molar-refractivity contribution in [3.63, 3.8) is 0 Å². The van der Waals surface area contributed by atoms with E-state index in [0.29, 0.717) is 32.4 Å². The lowest BCUT2D eigenvalue weighted by atomic mass is 10.1. The van der Waals surface area contributed by atoms with Crippen LogP contribution in [0, 0.1) is 0 Å². The number of rotatable bonds is 5. The molecule has 7 heteroatoms. The molecule has 0 atom stereocenters. The SMILES string of the molecule is CCCS(=O)(=O)N1CCC(NC(=O)c2ccco2)CC1. The van der Waals surface area contributed by atoms with Crippen molar-refractivity contribution in [1.82, 2.24) is 9.62 Å². The summed E-state index contributed by atoms with van der Waals surface area (Å²) in [6.07, 6.45) is 3.34. The van der Waals surface area contributed by atoms with Crippen LogP contribution in [0.2, 0.25) is 0 Å². The minimum absolute atomic E-state index is 0.000626. The molecule has 2 heterocycles. The lowest BCUT2D eigenvalue weighted by molar-refractivity contribution is 0.0895. The Labute approximate surface area is 119 Å². The first-order valence-corrected chi connectivity index (χ1v) is 8.46. The molecular weight excluding hydrogens is 280 g/mol. The highest BCUT2D eigenvalue weighted by Crippen LogP contribution is 2.15. The van der Waals surface area contributed by atoms with Gasteiger partial charge in [0.05, 0.1) is 12.0 Å². The van der Waals surface area contributed by atoms with Crippen LogP contribution in [0.25, 0.3) is 0 Å². The minimum Gasteiger partial charge on any atom is -0.459 e. The van der Waals surface area contributed by atoms with E-state index in [1.165, 1.54) is 10.6 Å². The van der Waals surface area contributed by atoms with Crippen molar-refractivity contribution in [1.29, 1.82) is 0 Å². The standard InChI is InChI=1S/C13H20N2O4S/c1-2-10-20(17,18)15-7-5-11(6-8-15)14-13(16)12-4-3-9-19-12/h3-4,9,11H,2,5-8,10H2,1H3,(H,14,16). The van der Waals surface area contributed by atoms with Crippen molar-refractivity contribution in [2.75, 3.05) is 18.8 Å². The monoisotopic (exact) mass is 300 g/mol. The third-order valence-electron chi connectivity index (χ3n) is 3.39. The second-order valence-corrected chi connectivity index (χ2v) is 7.03. The third-order valence-corrected chi connectivity index (χ3v) is 5.47. The van der Waals surface area contributed by atoms with Crippen LogP contribution in [0.1, 0.15) is 36.7 Å². The number of carbonyl (C=O) groups excluding carboxylic acids is 1. The maximum Gasteiger partial charge on any atom is 0.287 e. The summed E-state index contributed by atoms with van der Waals surface area (Å²) in [7, 11) is -3.13. The van der Waals surface area contributed by atoms with Crippen molar-refractivity contribution in [3.8, 4) is 0 Å². The number of carbonyl (C=O) groups is 1. The van der Waals surface area contributed by atoms with E-state index in [-0.39, 0.29) is 23.5 Å². The molecule has 0 bridgehead atoms. The number of hydrogen-bond donors (Lipinski definition) is 1.